The van der Waals surface area contributed by atoms with Crippen LogP contribution in [0.15, 0.2) is 85.1 Å². The van der Waals surface area contributed by atoms with Crippen LogP contribution in [0.25, 0.3) is 21.9 Å². The lowest BCUT2D eigenvalue weighted by atomic mass is 9.95. The number of methoxy groups -OCH3 is 1. The van der Waals surface area contributed by atoms with E-state index >= 15 is 0 Å². The van der Waals surface area contributed by atoms with E-state index in [9.17, 15) is 14.4 Å². The standard InChI is InChI=1S/C37H44N4O5/c1-26-19-20-39-33(24-26)41(36(44)46-37(2,3)4)23-9-14-34(42)40-22-21-38-32(25-35(43)45-5)29-17-15-28(16-18-29)31-13-8-11-27-10-6-7-12-30(27)31/h6-8,10-13,15-20,24,32,38H,9,14,21-23,25H2,1-5H3,(H,40,42)/t32-/m0/s1. The second-order valence-electron chi connectivity index (χ2n) is 12.2. The summed E-state index contributed by atoms with van der Waals surface area (Å²) in [6.45, 7) is 8.47. The highest BCUT2D eigenvalue weighted by Crippen LogP contribution is 2.30. The molecule has 46 heavy (non-hydrogen) atoms. The van der Waals surface area contributed by atoms with Crippen molar-refractivity contribution in [2.45, 2.75) is 58.6 Å². The minimum absolute atomic E-state index is 0.132. The SMILES string of the molecule is COC(=O)C[C@H](NCCNC(=O)CCCN(C(=O)OC(C)(C)C)c1cc(C)ccn1)c1ccc(-c2cccc3ccccc23)cc1. The van der Waals surface area contributed by atoms with E-state index in [1.54, 1.807) is 6.20 Å². The number of hydrogen-bond acceptors (Lipinski definition) is 7. The molecule has 2 amide bonds. The van der Waals surface area contributed by atoms with Crippen LogP contribution in [0.5, 0.6) is 0 Å². The van der Waals surface area contributed by atoms with Crippen LogP contribution < -0.4 is 15.5 Å². The van der Waals surface area contributed by atoms with Crippen molar-refractivity contribution in [1.29, 1.82) is 0 Å². The number of aryl methyl sites for hydroxylation is 1. The van der Waals surface area contributed by atoms with Gasteiger partial charge in [0.2, 0.25) is 5.91 Å². The lowest BCUT2D eigenvalue weighted by Gasteiger charge is -2.27. The first-order valence-electron chi connectivity index (χ1n) is 15.6. The zero-order valence-electron chi connectivity index (χ0n) is 27.3. The summed E-state index contributed by atoms with van der Waals surface area (Å²) in [6, 6.07) is 26.1. The summed E-state index contributed by atoms with van der Waals surface area (Å²) in [6.07, 6.45) is 1.96. The number of ether oxygens (including phenoxy) is 2. The molecule has 242 valence electrons. The summed E-state index contributed by atoms with van der Waals surface area (Å²) in [5.41, 5.74) is 3.50. The van der Waals surface area contributed by atoms with Crippen molar-refractivity contribution in [3.63, 3.8) is 0 Å². The molecule has 2 N–H and O–H groups in total. The first kappa shape index (κ1) is 34.1. The average Bonchev–Trinajstić information content (AvgIpc) is 3.03. The van der Waals surface area contributed by atoms with Gasteiger partial charge < -0.3 is 20.1 Å². The number of esters is 1. The molecule has 0 fully saturated rings. The molecule has 1 aromatic heterocycles. The van der Waals surface area contributed by atoms with Gasteiger partial charge in [-0.05, 0) is 79.3 Å². The molecule has 9 heteroatoms. The lowest BCUT2D eigenvalue weighted by molar-refractivity contribution is -0.141. The number of benzene rings is 3. The summed E-state index contributed by atoms with van der Waals surface area (Å²) < 4.78 is 10.5. The normalized spacial score (nSPS) is 11.9. The fourth-order valence-electron chi connectivity index (χ4n) is 5.15. The highest BCUT2D eigenvalue weighted by Gasteiger charge is 2.24. The van der Waals surface area contributed by atoms with Crippen molar-refractivity contribution in [2.75, 3.05) is 31.6 Å². The first-order valence-corrected chi connectivity index (χ1v) is 15.6. The van der Waals surface area contributed by atoms with Gasteiger partial charge >= 0.3 is 12.1 Å². The molecule has 1 atom stereocenters. The number of nitrogens with one attached hydrogen (secondary N) is 2. The Bertz CT molecular complexity index is 1630. The van der Waals surface area contributed by atoms with Crippen LogP contribution in [0.1, 0.15) is 57.2 Å². The highest BCUT2D eigenvalue weighted by molar-refractivity contribution is 5.96. The molecule has 0 aliphatic rings. The Balaban J connectivity index is 1.30. The maximum absolute atomic E-state index is 12.9. The Morgan fingerprint density at radius 3 is 2.39 bits per heavy atom. The van der Waals surface area contributed by atoms with Gasteiger partial charge in [0, 0.05) is 38.3 Å². The van der Waals surface area contributed by atoms with Crippen molar-refractivity contribution in [2.24, 2.45) is 0 Å². The van der Waals surface area contributed by atoms with Gasteiger partial charge in [0.15, 0.2) is 0 Å². The fraction of sp³-hybridized carbons (Fsp3) is 0.351. The molecule has 0 unspecified atom stereocenters. The zero-order chi connectivity index (χ0) is 33.1. The van der Waals surface area contributed by atoms with Crippen LogP contribution in [-0.4, -0.2) is 55.3 Å². The van der Waals surface area contributed by atoms with E-state index in [1.165, 1.54) is 22.8 Å². The first-order chi connectivity index (χ1) is 22.0. The number of carbonyl (C=O) groups is 3. The van der Waals surface area contributed by atoms with Gasteiger partial charge in [0.25, 0.3) is 0 Å². The molecule has 0 saturated carbocycles. The summed E-state index contributed by atoms with van der Waals surface area (Å²) in [5.74, 6) is 0.0325. The van der Waals surface area contributed by atoms with E-state index in [0.29, 0.717) is 25.3 Å². The summed E-state index contributed by atoms with van der Waals surface area (Å²) in [7, 11) is 1.38. The van der Waals surface area contributed by atoms with Crippen LogP contribution in [0.2, 0.25) is 0 Å². The number of fused-ring (bicyclic) bond motifs is 1. The van der Waals surface area contributed by atoms with E-state index in [2.05, 4.69) is 58.1 Å². The highest BCUT2D eigenvalue weighted by atomic mass is 16.6. The minimum atomic E-state index is -0.659. The third-order valence-electron chi connectivity index (χ3n) is 7.43. The topological polar surface area (TPSA) is 110 Å². The molecule has 0 aliphatic heterocycles. The van der Waals surface area contributed by atoms with Gasteiger partial charge in [-0.25, -0.2) is 9.78 Å². The molecule has 0 bridgehead atoms. The maximum Gasteiger partial charge on any atom is 0.416 e. The smallest absolute Gasteiger partial charge is 0.416 e. The monoisotopic (exact) mass is 624 g/mol. The van der Waals surface area contributed by atoms with Crippen LogP contribution in [0, 0.1) is 6.92 Å². The zero-order valence-corrected chi connectivity index (χ0v) is 27.3. The van der Waals surface area contributed by atoms with Crippen molar-refractivity contribution < 1.29 is 23.9 Å². The Labute approximate surface area is 271 Å². The number of hydrogen-bond donors (Lipinski definition) is 2. The van der Waals surface area contributed by atoms with Crippen LogP contribution in [0.3, 0.4) is 0 Å². The Hall–Kier alpha value is -4.76. The number of amides is 2. The number of carbonyl (C=O) groups excluding carboxylic acids is 3. The van der Waals surface area contributed by atoms with E-state index in [-0.39, 0.29) is 37.3 Å². The van der Waals surface area contributed by atoms with E-state index < -0.39 is 11.7 Å². The van der Waals surface area contributed by atoms with Crippen LogP contribution in [0.4, 0.5) is 10.6 Å². The summed E-state index contributed by atoms with van der Waals surface area (Å²) in [5, 5.41) is 8.68. The van der Waals surface area contributed by atoms with E-state index in [1.807, 2.05) is 64.1 Å². The van der Waals surface area contributed by atoms with Crippen LogP contribution >= 0.6 is 0 Å². The fourth-order valence-corrected chi connectivity index (χ4v) is 5.15. The minimum Gasteiger partial charge on any atom is -0.469 e. The molecule has 0 saturated heterocycles. The number of nitrogens with zero attached hydrogens (tertiary/aromatic N) is 2. The molecule has 0 radical (unpaired) electrons. The Morgan fingerprint density at radius 1 is 0.935 bits per heavy atom. The van der Waals surface area contributed by atoms with Gasteiger partial charge in [-0.2, -0.15) is 0 Å². The molecule has 0 aliphatic carbocycles. The van der Waals surface area contributed by atoms with Gasteiger partial charge in [0.1, 0.15) is 11.4 Å². The average molecular weight is 625 g/mol. The number of aromatic nitrogens is 1. The second kappa shape index (κ2) is 16.0. The maximum atomic E-state index is 12.9. The summed E-state index contributed by atoms with van der Waals surface area (Å²) >= 11 is 0. The predicted molar refractivity (Wildman–Crippen MR) is 182 cm³/mol. The largest absolute Gasteiger partial charge is 0.469 e. The molecule has 9 nitrogen and oxygen atoms in total. The number of pyridine rings is 1. The molecule has 4 rings (SSSR count). The number of rotatable bonds is 13. The number of anilines is 1. The molecule has 4 aromatic rings. The van der Waals surface area contributed by atoms with E-state index in [0.717, 1.165) is 22.3 Å². The molecule has 1 heterocycles. The summed E-state index contributed by atoms with van der Waals surface area (Å²) in [4.78, 5) is 43.6. The van der Waals surface area contributed by atoms with Crippen molar-refractivity contribution in [3.05, 3.63) is 96.2 Å². The van der Waals surface area contributed by atoms with Gasteiger partial charge in [0.05, 0.1) is 13.5 Å². The predicted octanol–water partition coefficient (Wildman–Crippen LogP) is 6.74. The lowest BCUT2D eigenvalue weighted by Crippen LogP contribution is -2.38. The van der Waals surface area contributed by atoms with E-state index in [4.69, 9.17) is 9.47 Å². The molecule has 3 aromatic carbocycles. The van der Waals surface area contributed by atoms with Crippen LogP contribution in [-0.2, 0) is 19.1 Å². The van der Waals surface area contributed by atoms with Gasteiger partial charge in [-0.3, -0.25) is 14.5 Å². The Kier molecular flexibility index (Phi) is 11.9. The van der Waals surface area contributed by atoms with Crippen molar-refractivity contribution in [1.82, 2.24) is 15.6 Å². The third kappa shape index (κ3) is 9.87. The quantitative estimate of drug-likeness (QED) is 0.125. The van der Waals surface area contributed by atoms with Gasteiger partial charge in [-0.1, -0.05) is 66.7 Å². The van der Waals surface area contributed by atoms with Gasteiger partial charge in [-0.15, -0.1) is 0 Å². The molecular weight excluding hydrogens is 580 g/mol. The Morgan fingerprint density at radius 2 is 1.67 bits per heavy atom. The van der Waals surface area contributed by atoms with Crippen molar-refractivity contribution >= 4 is 34.6 Å². The third-order valence-corrected chi connectivity index (χ3v) is 7.43. The molecular formula is C37H44N4O5. The second-order valence-corrected chi connectivity index (χ2v) is 12.2. The molecule has 0 spiro atoms. The van der Waals surface area contributed by atoms with Crippen molar-refractivity contribution in [3.8, 4) is 11.1 Å².